The van der Waals surface area contributed by atoms with Gasteiger partial charge in [0.2, 0.25) is 0 Å². The number of amides is 1. The smallest absolute Gasteiger partial charge is 0.260 e. The van der Waals surface area contributed by atoms with Crippen molar-refractivity contribution >= 4 is 17.5 Å². The molecular weight excluding hydrogens is 397 g/mol. The molecule has 0 saturated heterocycles. The Labute approximate surface area is 171 Å². The summed E-state index contributed by atoms with van der Waals surface area (Å²) in [4.78, 5) is 28.7. The number of benzene rings is 2. The molecule has 8 heteroatoms. The van der Waals surface area contributed by atoms with Crippen LogP contribution >= 0.6 is 11.6 Å². The molecule has 0 aliphatic heterocycles. The number of hydrogen-bond acceptors (Lipinski definition) is 4. The van der Waals surface area contributed by atoms with Crippen molar-refractivity contribution in [1.82, 2.24) is 14.9 Å². The van der Waals surface area contributed by atoms with E-state index in [1.807, 2.05) is 0 Å². The highest BCUT2D eigenvalue weighted by Crippen LogP contribution is 2.24. The second kappa shape index (κ2) is 9.34. The van der Waals surface area contributed by atoms with Gasteiger partial charge in [0.05, 0.1) is 17.0 Å². The van der Waals surface area contributed by atoms with E-state index in [4.69, 9.17) is 16.3 Å². The molecule has 3 aromatic rings. The zero-order chi connectivity index (χ0) is 20.8. The predicted molar refractivity (Wildman–Crippen MR) is 108 cm³/mol. The average molecular weight is 416 g/mol. The van der Waals surface area contributed by atoms with E-state index >= 15 is 0 Å². The summed E-state index contributed by atoms with van der Waals surface area (Å²) < 4.78 is 19.9. The lowest BCUT2D eigenvalue weighted by Gasteiger charge is -2.15. The standard InChI is InChI=1S/C21H19ClFN3O3/c1-14(29-19-5-3-2-4-17(19)22)21(28)24-10-11-26-13-25-18(12-20(26)27)15-6-8-16(23)9-7-15/h2-9,12-14H,10-11H2,1H3,(H,24,28). The Bertz CT molecular complexity index is 1050. The van der Waals surface area contributed by atoms with Gasteiger partial charge in [-0.3, -0.25) is 14.2 Å². The number of carbonyl (C=O) groups is 1. The maximum atomic E-state index is 13.0. The highest BCUT2D eigenvalue weighted by Gasteiger charge is 2.15. The largest absolute Gasteiger partial charge is 0.479 e. The minimum Gasteiger partial charge on any atom is -0.479 e. The molecule has 1 heterocycles. The average Bonchev–Trinajstić information content (AvgIpc) is 2.71. The van der Waals surface area contributed by atoms with Crippen molar-refractivity contribution in [2.45, 2.75) is 19.6 Å². The molecule has 0 aliphatic rings. The lowest BCUT2D eigenvalue weighted by atomic mass is 10.1. The Morgan fingerprint density at radius 1 is 1.24 bits per heavy atom. The summed E-state index contributed by atoms with van der Waals surface area (Å²) in [5.41, 5.74) is 0.834. The molecular formula is C21H19ClFN3O3. The molecule has 2 aromatic carbocycles. The number of nitrogens with zero attached hydrogens (tertiary/aromatic N) is 2. The molecule has 0 spiro atoms. The summed E-state index contributed by atoms with van der Waals surface area (Å²) in [6.45, 7) is 2.09. The summed E-state index contributed by atoms with van der Waals surface area (Å²) >= 11 is 6.02. The van der Waals surface area contributed by atoms with Crippen LogP contribution in [0.4, 0.5) is 4.39 Å². The van der Waals surface area contributed by atoms with Crippen molar-refractivity contribution in [3.8, 4) is 17.0 Å². The summed E-state index contributed by atoms with van der Waals surface area (Å²) in [5.74, 6) is -0.256. The predicted octanol–water partition coefficient (Wildman–Crippen LogP) is 3.29. The van der Waals surface area contributed by atoms with Crippen LogP contribution < -0.4 is 15.6 Å². The lowest BCUT2D eigenvalue weighted by molar-refractivity contribution is -0.127. The molecule has 1 atom stereocenters. The number of para-hydroxylation sites is 1. The quantitative estimate of drug-likeness (QED) is 0.642. The fraction of sp³-hybridized carbons (Fsp3) is 0.190. The van der Waals surface area contributed by atoms with E-state index in [2.05, 4.69) is 10.3 Å². The van der Waals surface area contributed by atoms with Crippen LogP contribution in [-0.2, 0) is 11.3 Å². The number of halogens is 2. The van der Waals surface area contributed by atoms with Crippen molar-refractivity contribution in [3.63, 3.8) is 0 Å². The molecule has 29 heavy (non-hydrogen) atoms. The second-order valence-corrected chi connectivity index (χ2v) is 6.70. The summed E-state index contributed by atoms with van der Waals surface area (Å²) in [6.07, 6.45) is 0.655. The van der Waals surface area contributed by atoms with Crippen LogP contribution in [0.3, 0.4) is 0 Å². The molecule has 0 bridgehead atoms. The highest BCUT2D eigenvalue weighted by molar-refractivity contribution is 6.32. The van der Waals surface area contributed by atoms with Gasteiger partial charge in [-0.2, -0.15) is 0 Å². The summed E-state index contributed by atoms with van der Waals surface area (Å²) in [7, 11) is 0. The van der Waals surface area contributed by atoms with Crippen LogP contribution in [0.2, 0.25) is 5.02 Å². The molecule has 1 amide bonds. The SMILES string of the molecule is CC(Oc1ccccc1Cl)C(=O)NCCn1cnc(-c2ccc(F)cc2)cc1=O. The summed E-state index contributed by atoms with van der Waals surface area (Å²) in [5, 5.41) is 3.14. The van der Waals surface area contributed by atoms with E-state index in [1.54, 1.807) is 43.3 Å². The van der Waals surface area contributed by atoms with Crippen molar-refractivity contribution in [2.24, 2.45) is 0 Å². The number of aromatic nitrogens is 2. The molecule has 6 nitrogen and oxygen atoms in total. The van der Waals surface area contributed by atoms with Crippen LogP contribution in [0.1, 0.15) is 6.92 Å². The maximum absolute atomic E-state index is 13.0. The number of rotatable bonds is 7. The van der Waals surface area contributed by atoms with E-state index in [0.29, 0.717) is 22.0 Å². The topological polar surface area (TPSA) is 73.2 Å². The molecule has 3 rings (SSSR count). The minimum atomic E-state index is -0.745. The van der Waals surface area contributed by atoms with Crippen LogP contribution in [-0.4, -0.2) is 28.1 Å². The molecule has 150 valence electrons. The van der Waals surface area contributed by atoms with Gasteiger partial charge in [-0.15, -0.1) is 0 Å². The van der Waals surface area contributed by atoms with E-state index in [-0.39, 0.29) is 30.4 Å². The van der Waals surface area contributed by atoms with Crippen LogP contribution in [0.15, 0.2) is 65.7 Å². The van der Waals surface area contributed by atoms with Gasteiger partial charge in [-0.1, -0.05) is 23.7 Å². The number of carbonyl (C=O) groups excluding carboxylic acids is 1. The molecule has 1 N–H and O–H groups in total. The van der Waals surface area contributed by atoms with Crippen LogP contribution in [0, 0.1) is 5.82 Å². The molecule has 0 fully saturated rings. The first-order valence-electron chi connectivity index (χ1n) is 8.95. The molecule has 0 aliphatic carbocycles. The minimum absolute atomic E-state index is 0.229. The van der Waals surface area contributed by atoms with Gasteiger partial charge in [-0.25, -0.2) is 9.37 Å². The van der Waals surface area contributed by atoms with Gasteiger partial charge < -0.3 is 10.1 Å². The Balaban J connectivity index is 1.54. The van der Waals surface area contributed by atoms with Gasteiger partial charge >= 0.3 is 0 Å². The fourth-order valence-electron chi connectivity index (χ4n) is 2.60. The van der Waals surface area contributed by atoms with Gasteiger partial charge in [0, 0.05) is 24.7 Å². The number of ether oxygens (including phenoxy) is 1. The first kappa shape index (κ1) is 20.5. The van der Waals surface area contributed by atoms with E-state index < -0.39 is 6.10 Å². The highest BCUT2D eigenvalue weighted by atomic mass is 35.5. The third kappa shape index (κ3) is 5.42. The second-order valence-electron chi connectivity index (χ2n) is 6.29. The third-order valence-corrected chi connectivity index (χ3v) is 4.49. The van der Waals surface area contributed by atoms with Gasteiger partial charge in [-0.05, 0) is 43.3 Å². The normalized spacial score (nSPS) is 11.7. The zero-order valence-corrected chi connectivity index (χ0v) is 16.4. The lowest BCUT2D eigenvalue weighted by Crippen LogP contribution is -2.38. The molecule has 1 unspecified atom stereocenters. The monoisotopic (exact) mass is 415 g/mol. The molecule has 0 radical (unpaired) electrons. The number of nitrogens with one attached hydrogen (secondary N) is 1. The van der Waals surface area contributed by atoms with Crippen molar-refractivity contribution in [3.05, 3.63) is 82.1 Å². The zero-order valence-electron chi connectivity index (χ0n) is 15.6. The Hall–Kier alpha value is -3.19. The fourth-order valence-corrected chi connectivity index (χ4v) is 2.78. The Kier molecular flexibility index (Phi) is 6.61. The van der Waals surface area contributed by atoms with Gasteiger partial charge in [0.1, 0.15) is 11.6 Å². The van der Waals surface area contributed by atoms with Crippen LogP contribution in [0.5, 0.6) is 5.75 Å². The molecule has 1 aromatic heterocycles. The van der Waals surface area contributed by atoms with E-state index in [1.165, 1.54) is 29.1 Å². The van der Waals surface area contributed by atoms with E-state index in [0.717, 1.165) is 0 Å². The van der Waals surface area contributed by atoms with Crippen molar-refractivity contribution < 1.29 is 13.9 Å². The van der Waals surface area contributed by atoms with E-state index in [9.17, 15) is 14.0 Å². The Morgan fingerprint density at radius 2 is 1.97 bits per heavy atom. The van der Waals surface area contributed by atoms with Gasteiger partial charge in [0.25, 0.3) is 11.5 Å². The third-order valence-electron chi connectivity index (χ3n) is 4.18. The van der Waals surface area contributed by atoms with Crippen molar-refractivity contribution in [1.29, 1.82) is 0 Å². The Morgan fingerprint density at radius 3 is 2.66 bits per heavy atom. The molecule has 0 saturated carbocycles. The van der Waals surface area contributed by atoms with Gasteiger partial charge in [0.15, 0.2) is 6.10 Å². The number of hydrogen-bond donors (Lipinski definition) is 1. The van der Waals surface area contributed by atoms with Crippen LogP contribution in [0.25, 0.3) is 11.3 Å². The van der Waals surface area contributed by atoms with Crippen molar-refractivity contribution in [2.75, 3.05) is 6.54 Å². The first-order valence-corrected chi connectivity index (χ1v) is 9.33. The first-order chi connectivity index (χ1) is 13.9. The summed E-state index contributed by atoms with van der Waals surface area (Å²) in [6, 6.07) is 14.0. The maximum Gasteiger partial charge on any atom is 0.260 e.